The van der Waals surface area contributed by atoms with Crippen molar-refractivity contribution in [2.75, 3.05) is 6.54 Å². The zero-order chi connectivity index (χ0) is 9.40. The van der Waals surface area contributed by atoms with Gasteiger partial charge in [0, 0.05) is 13.0 Å². The first-order chi connectivity index (χ1) is 5.68. The van der Waals surface area contributed by atoms with Gasteiger partial charge in [0.05, 0.1) is 6.04 Å². The minimum Gasteiger partial charge on any atom is -0.355 e. The quantitative estimate of drug-likeness (QED) is 0.457. The van der Waals surface area contributed by atoms with Crippen LogP contribution in [0.1, 0.15) is 26.2 Å². The molecule has 3 N–H and O–H groups in total. The summed E-state index contributed by atoms with van der Waals surface area (Å²) in [5, 5.41) is 2.71. The Bertz CT molecular complexity index is 170. The Morgan fingerprint density at radius 3 is 2.83 bits per heavy atom. The van der Waals surface area contributed by atoms with Crippen LogP contribution in [0.15, 0.2) is 0 Å². The van der Waals surface area contributed by atoms with Gasteiger partial charge in [-0.3, -0.25) is 4.79 Å². The molecule has 0 unspecified atom stereocenters. The van der Waals surface area contributed by atoms with E-state index in [9.17, 15) is 4.79 Å². The van der Waals surface area contributed by atoms with Crippen molar-refractivity contribution in [1.29, 1.82) is 0 Å². The fourth-order valence-electron chi connectivity index (χ4n) is 0.725. The number of carbonyl (C=O) groups is 1. The zero-order valence-electron chi connectivity index (χ0n) is 7.47. The number of rotatable bonds is 5. The van der Waals surface area contributed by atoms with Gasteiger partial charge in [0.15, 0.2) is 0 Å². The van der Waals surface area contributed by atoms with E-state index >= 15 is 0 Å². The summed E-state index contributed by atoms with van der Waals surface area (Å²) in [7, 11) is 0. The molecule has 12 heavy (non-hydrogen) atoms. The van der Waals surface area contributed by atoms with Gasteiger partial charge in [-0.1, -0.05) is 0 Å². The molecule has 1 atom stereocenters. The molecule has 0 fully saturated rings. The number of nitrogens with one attached hydrogen (secondary N) is 1. The average molecular weight is 168 g/mol. The van der Waals surface area contributed by atoms with Crippen molar-refractivity contribution >= 4 is 5.91 Å². The van der Waals surface area contributed by atoms with Crippen LogP contribution >= 0.6 is 0 Å². The molecule has 0 aliphatic carbocycles. The summed E-state index contributed by atoms with van der Waals surface area (Å²) in [5.41, 5.74) is 5.33. The van der Waals surface area contributed by atoms with E-state index in [-0.39, 0.29) is 5.91 Å². The summed E-state index contributed by atoms with van der Waals surface area (Å²) in [6, 6.07) is -0.419. The Hall–Kier alpha value is -1.01. The lowest BCUT2D eigenvalue weighted by atomic mass is 10.2. The lowest BCUT2D eigenvalue weighted by Crippen LogP contribution is -2.38. The fraction of sp³-hybridized carbons (Fsp3) is 0.667. The molecule has 0 rings (SSSR count). The van der Waals surface area contributed by atoms with Crippen molar-refractivity contribution in [2.24, 2.45) is 5.73 Å². The third-order valence-corrected chi connectivity index (χ3v) is 1.46. The summed E-state index contributed by atoms with van der Waals surface area (Å²) < 4.78 is 0. The third kappa shape index (κ3) is 5.75. The molecule has 3 nitrogen and oxygen atoms in total. The van der Waals surface area contributed by atoms with Gasteiger partial charge in [-0.15, -0.1) is 12.3 Å². The molecular formula is C9H16N2O. The van der Waals surface area contributed by atoms with Crippen LogP contribution in [-0.4, -0.2) is 18.5 Å². The lowest BCUT2D eigenvalue weighted by Gasteiger charge is -2.06. The van der Waals surface area contributed by atoms with E-state index in [1.165, 1.54) is 0 Å². The van der Waals surface area contributed by atoms with Crippen LogP contribution in [0.25, 0.3) is 0 Å². The number of terminal acetylenes is 1. The van der Waals surface area contributed by atoms with Gasteiger partial charge >= 0.3 is 0 Å². The Kier molecular flexibility index (Phi) is 6.12. The van der Waals surface area contributed by atoms with Crippen molar-refractivity contribution in [3.8, 4) is 12.3 Å². The van der Waals surface area contributed by atoms with Crippen LogP contribution in [0.4, 0.5) is 0 Å². The first-order valence-corrected chi connectivity index (χ1v) is 4.15. The summed E-state index contributed by atoms with van der Waals surface area (Å²) in [6.45, 7) is 2.33. The maximum Gasteiger partial charge on any atom is 0.236 e. The van der Waals surface area contributed by atoms with Crippen LogP contribution in [0, 0.1) is 12.3 Å². The summed E-state index contributed by atoms with van der Waals surface area (Å²) in [4.78, 5) is 10.9. The van der Waals surface area contributed by atoms with Crippen LogP contribution in [0.2, 0.25) is 0 Å². The molecule has 0 aromatic heterocycles. The Balaban J connectivity index is 3.21. The highest BCUT2D eigenvalue weighted by Gasteiger charge is 2.04. The van der Waals surface area contributed by atoms with Crippen LogP contribution in [-0.2, 0) is 4.79 Å². The molecule has 0 saturated carbocycles. The van der Waals surface area contributed by atoms with E-state index < -0.39 is 6.04 Å². The Morgan fingerprint density at radius 2 is 2.33 bits per heavy atom. The van der Waals surface area contributed by atoms with Gasteiger partial charge in [0.1, 0.15) is 0 Å². The average Bonchev–Trinajstić information content (AvgIpc) is 2.03. The largest absolute Gasteiger partial charge is 0.355 e. The second-order valence-electron chi connectivity index (χ2n) is 2.74. The van der Waals surface area contributed by atoms with Gasteiger partial charge in [0.25, 0.3) is 0 Å². The number of nitrogens with two attached hydrogens (primary N) is 1. The maximum atomic E-state index is 10.9. The number of hydrogen-bond donors (Lipinski definition) is 2. The predicted octanol–water partition coefficient (Wildman–Crippen LogP) is 0.253. The monoisotopic (exact) mass is 168 g/mol. The highest BCUT2D eigenvalue weighted by molar-refractivity contribution is 5.80. The van der Waals surface area contributed by atoms with Gasteiger partial charge < -0.3 is 11.1 Å². The SMILES string of the molecule is C#CCCCCNC(=O)[C@@H](C)N. The van der Waals surface area contributed by atoms with Gasteiger partial charge in [-0.2, -0.15) is 0 Å². The van der Waals surface area contributed by atoms with Crippen molar-refractivity contribution in [1.82, 2.24) is 5.32 Å². The molecule has 68 valence electrons. The lowest BCUT2D eigenvalue weighted by molar-refractivity contribution is -0.121. The summed E-state index contributed by atoms with van der Waals surface area (Å²) in [6.07, 6.45) is 7.71. The smallest absolute Gasteiger partial charge is 0.236 e. The molecule has 0 saturated heterocycles. The molecule has 0 bridgehead atoms. The normalized spacial score (nSPS) is 11.8. The summed E-state index contributed by atoms with van der Waals surface area (Å²) >= 11 is 0. The van der Waals surface area contributed by atoms with E-state index in [2.05, 4.69) is 11.2 Å². The fourth-order valence-corrected chi connectivity index (χ4v) is 0.725. The first kappa shape index (κ1) is 11.0. The van der Waals surface area contributed by atoms with Crippen LogP contribution < -0.4 is 11.1 Å². The van der Waals surface area contributed by atoms with E-state index in [4.69, 9.17) is 12.2 Å². The zero-order valence-corrected chi connectivity index (χ0v) is 7.47. The molecule has 0 spiro atoms. The van der Waals surface area contributed by atoms with E-state index in [1.807, 2.05) is 0 Å². The van der Waals surface area contributed by atoms with Crippen LogP contribution in [0.5, 0.6) is 0 Å². The van der Waals surface area contributed by atoms with Gasteiger partial charge in [-0.25, -0.2) is 0 Å². The summed E-state index contributed by atoms with van der Waals surface area (Å²) in [5.74, 6) is 2.44. The second kappa shape index (κ2) is 6.68. The van der Waals surface area contributed by atoms with E-state index in [1.54, 1.807) is 6.92 Å². The van der Waals surface area contributed by atoms with Gasteiger partial charge in [0.2, 0.25) is 5.91 Å². The highest BCUT2D eigenvalue weighted by Crippen LogP contribution is 1.91. The van der Waals surface area contributed by atoms with Crippen molar-refractivity contribution in [2.45, 2.75) is 32.2 Å². The van der Waals surface area contributed by atoms with Crippen LogP contribution in [0.3, 0.4) is 0 Å². The molecule has 0 aromatic carbocycles. The molecule has 0 aliphatic rings. The Labute approximate surface area is 73.7 Å². The molecule has 3 heteroatoms. The number of unbranched alkanes of at least 4 members (excludes halogenated alkanes) is 2. The second-order valence-corrected chi connectivity index (χ2v) is 2.74. The molecule has 0 aliphatic heterocycles. The molecule has 1 amide bonds. The third-order valence-electron chi connectivity index (χ3n) is 1.46. The topological polar surface area (TPSA) is 55.1 Å². The molecule has 0 aromatic rings. The molecule has 0 radical (unpaired) electrons. The number of amides is 1. The maximum absolute atomic E-state index is 10.9. The Morgan fingerprint density at radius 1 is 1.67 bits per heavy atom. The predicted molar refractivity (Wildman–Crippen MR) is 49.3 cm³/mol. The number of carbonyl (C=O) groups excluding carboxylic acids is 1. The standard InChI is InChI=1S/C9H16N2O/c1-3-4-5-6-7-11-9(12)8(2)10/h1,8H,4-7,10H2,2H3,(H,11,12)/t8-/m1/s1. The molecular weight excluding hydrogens is 152 g/mol. The van der Waals surface area contributed by atoms with Crippen molar-refractivity contribution in [3.63, 3.8) is 0 Å². The van der Waals surface area contributed by atoms with E-state index in [0.717, 1.165) is 19.3 Å². The molecule has 0 heterocycles. The minimum absolute atomic E-state index is 0.101. The van der Waals surface area contributed by atoms with Crippen molar-refractivity contribution in [3.05, 3.63) is 0 Å². The van der Waals surface area contributed by atoms with Crippen molar-refractivity contribution < 1.29 is 4.79 Å². The number of hydrogen-bond acceptors (Lipinski definition) is 2. The van der Waals surface area contributed by atoms with E-state index in [0.29, 0.717) is 6.54 Å². The van der Waals surface area contributed by atoms with Gasteiger partial charge in [-0.05, 0) is 19.8 Å². The highest BCUT2D eigenvalue weighted by atomic mass is 16.2. The minimum atomic E-state index is -0.419. The first-order valence-electron chi connectivity index (χ1n) is 4.15.